The highest BCUT2D eigenvalue weighted by Crippen LogP contribution is 2.17. The molecule has 5 nitrogen and oxygen atoms in total. The van der Waals surface area contributed by atoms with Crippen LogP contribution in [0.3, 0.4) is 0 Å². The van der Waals surface area contributed by atoms with Crippen LogP contribution in [0.5, 0.6) is 0 Å². The summed E-state index contributed by atoms with van der Waals surface area (Å²) in [5.74, 6) is -0.397. The van der Waals surface area contributed by atoms with Gasteiger partial charge in [0, 0.05) is 36.4 Å². The highest BCUT2D eigenvalue weighted by molar-refractivity contribution is 7.80. The fraction of sp³-hybridized carbons (Fsp3) is 0.105. The SMILES string of the molecule is CC(=O)N(C)c1ccc(NC(=S)NC(=O)/C=C/c2ccc(Cl)cc2)cc1. The van der Waals surface area contributed by atoms with Gasteiger partial charge in [0.1, 0.15) is 0 Å². The minimum atomic E-state index is -0.342. The fourth-order valence-electron chi connectivity index (χ4n) is 2.01. The largest absolute Gasteiger partial charge is 0.332 e. The monoisotopic (exact) mass is 387 g/mol. The van der Waals surface area contributed by atoms with Gasteiger partial charge in [-0.3, -0.25) is 14.9 Å². The molecule has 134 valence electrons. The molecule has 0 saturated heterocycles. The molecule has 2 N–H and O–H groups in total. The van der Waals surface area contributed by atoms with Crippen LogP contribution in [-0.2, 0) is 9.59 Å². The van der Waals surface area contributed by atoms with Gasteiger partial charge in [0.05, 0.1) is 0 Å². The minimum Gasteiger partial charge on any atom is -0.332 e. The number of hydrogen-bond acceptors (Lipinski definition) is 3. The molecule has 0 aliphatic carbocycles. The van der Waals surface area contributed by atoms with E-state index in [2.05, 4.69) is 10.6 Å². The van der Waals surface area contributed by atoms with E-state index in [1.807, 2.05) is 12.1 Å². The van der Waals surface area contributed by atoms with Crippen molar-refractivity contribution in [2.24, 2.45) is 0 Å². The minimum absolute atomic E-state index is 0.0547. The topological polar surface area (TPSA) is 61.4 Å². The van der Waals surface area contributed by atoms with E-state index in [9.17, 15) is 9.59 Å². The first-order valence-corrected chi connectivity index (χ1v) is 8.54. The molecule has 0 bridgehead atoms. The van der Waals surface area contributed by atoms with Crippen LogP contribution in [0.15, 0.2) is 54.6 Å². The van der Waals surface area contributed by atoms with Crippen LogP contribution in [0.1, 0.15) is 12.5 Å². The lowest BCUT2D eigenvalue weighted by Gasteiger charge is -2.15. The Morgan fingerprint density at radius 1 is 1.08 bits per heavy atom. The molecular formula is C19H18ClN3O2S. The molecule has 2 aromatic rings. The van der Waals surface area contributed by atoms with Crippen molar-refractivity contribution in [1.29, 1.82) is 0 Å². The number of carbonyl (C=O) groups excluding carboxylic acids is 2. The van der Waals surface area contributed by atoms with E-state index >= 15 is 0 Å². The first-order chi connectivity index (χ1) is 12.3. The third-order valence-electron chi connectivity index (χ3n) is 3.52. The Morgan fingerprint density at radius 2 is 1.69 bits per heavy atom. The van der Waals surface area contributed by atoms with Crippen LogP contribution in [0.2, 0.25) is 5.02 Å². The van der Waals surface area contributed by atoms with Crippen molar-refractivity contribution in [3.05, 3.63) is 65.2 Å². The van der Waals surface area contributed by atoms with Crippen LogP contribution >= 0.6 is 23.8 Å². The molecule has 2 amide bonds. The Labute approximate surface area is 162 Å². The lowest BCUT2D eigenvalue weighted by atomic mass is 10.2. The quantitative estimate of drug-likeness (QED) is 0.618. The Hall–Kier alpha value is -2.70. The second-order valence-electron chi connectivity index (χ2n) is 5.45. The van der Waals surface area contributed by atoms with Gasteiger partial charge in [-0.25, -0.2) is 0 Å². The van der Waals surface area contributed by atoms with Crippen LogP contribution in [-0.4, -0.2) is 24.0 Å². The van der Waals surface area contributed by atoms with Crippen molar-refractivity contribution in [2.75, 3.05) is 17.3 Å². The molecule has 0 aliphatic rings. The zero-order chi connectivity index (χ0) is 19.1. The Bertz CT molecular complexity index is 833. The van der Waals surface area contributed by atoms with E-state index in [1.165, 1.54) is 17.9 Å². The second-order valence-corrected chi connectivity index (χ2v) is 6.30. The molecule has 2 rings (SSSR count). The van der Waals surface area contributed by atoms with Gasteiger partial charge < -0.3 is 10.2 Å². The van der Waals surface area contributed by atoms with Crippen LogP contribution in [0.4, 0.5) is 11.4 Å². The van der Waals surface area contributed by atoms with Gasteiger partial charge in [0.25, 0.3) is 0 Å². The lowest BCUT2D eigenvalue weighted by molar-refractivity contribution is -0.116. The van der Waals surface area contributed by atoms with E-state index in [0.29, 0.717) is 10.7 Å². The van der Waals surface area contributed by atoms with Crippen molar-refractivity contribution in [1.82, 2.24) is 5.32 Å². The summed E-state index contributed by atoms with van der Waals surface area (Å²) < 4.78 is 0. The van der Waals surface area contributed by atoms with Gasteiger partial charge in [-0.05, 0) is 60.3 Å². The summed E-state index contributed by atoms with van der Waals surface area (Å²) in [5, 5.41) is 6.31. The molecule has 0 unspecified atom stereocenters. The molecule has 0 heterocycles. The molecule has 0 radical (unpaired) electrons. The third kappa shape index (κ3) is 5.98. The molecule has 0 aromatic heterocycles. The smallest absolute Gasteiger partial charge is 0.250 e. The zero-order valence-corrected chi connectivity index (χ0v) is 15.9. The molecule has 0 aliphatic heterocycles. The summed E-state index contributed by atoms with van der Waals surface area (Å²) in [6, 6.07) is 14.2. The molecule has 0 atom stereocenters. The number of nitrogens with zero attached hydrogens (tertiary/aromatic N) is 1. The van der Waals surface area contributed by atoms with Crippen LogP contribution in [0.25, 0.3) is 6.08 Å². The lowest BCUT2D eigenvalue weighted by Crippen LogP contribution is -2.32. The highest BCUT2D eigenvalue weighted by atomic mass is 35.5. The van der Waals surface area contributed by atoms with Gasteiger partial charge in [-0.1, -0.05) is 23.7 Å². The molecule has 0 fully saturated rings. The Balaban J connectivity index is 1.88. The maximum atomic E-state index is 11.9. The summed E-state index contributed by atoms with van der Waals surface area (Å²) in [6.45, 7) is 1.49. The molecular weight excluding hydrogens is 370 g/mol. The highest BCUT2D eigenvalue weighted by Gasteiger charge is 2.06. The number of amides is 2. The maximum absolute atomic E-state index is 11.9. The van der Waals surface area contributed by atoms with Gasteiger partial charge in [-0.2, -0.15) is 0 Å². The van der Waals surface area contributed by atoms with Crippen molar-refractivity contribution in [3.8, 4) is 0 Å². The maximum Gasteiger partial charge on any atom is 0.250 e. The van der Waals surface area contributed by atoms with E-state index in [4.69, 9.17) is 23.8 Å². The van der Waals surface area contributed by atoms with Gasteiger partial charge in [-0.15, -0.1) is 0 Å². The summed E-state index contributed by atoms with van der Waals surface area (Å²) in [6.07, 6.45) is 3.06. The van der Waals surface area contributed by atoms with Crippen molar-refractivity contribution in [3.63, 3.8) is 0 Å². The summed E-state index contributed by atoms with van der Waals surface area (Å²) in [5.41, 5.74) is 2.33. The average Bonchev–Trinajstić information content (AvgIpc) is 2.61. The second kappa shape index (κ2) is 9.12. The van der Waals surface area contributed by atoms with Crippen molar-refractivity contribution < 1.29 is 9.59 Å². The predicted octanol–water partition coefficient (Wildman–Crippen LogP) is 3.85. The standard InChI is InChI=1S/C19H18ClN3O2S/c1-13(24)23(2)17-10-8-16(9-11-17)21-19(26)22-18(25)12-5-14-3-6-15(20)7-4-14/h3-12H,1-2H3,(H2,21,22,25,26)/b12-5+. The molecule has 7 heteroatoms. The summed E-state index contributed by atoms with van der Waals surface area (Å²) in [4.78, 5) is 24.8. The first-order valence-electron chi connectivity index (χ1n) is 7.75. The van der Waals surface area contributed by atoms with Gasteiger partial charge in [0.2, 0.25) is 11.8 Å². The zero-order valence-electron chi connectivity index (χ0n) is 14.3. The van der Waals surface area contributed by atoms with E-state index in [0.717, 1.165) is 11.3 Å². The number of benzene rings is 2. The number of anilines is 2. The first kappa shape index (κ1) is 19.6. The van der Waals surface area contributed by atoms with Gasteiger partial charge >= 0.3 is 0 Å². The van der Waals surface area contributed by atoms with Crippen LogP contribution in [0, 0.1) is 0 Å². The third-order valence-corrected chi connectivity index (χ3v) is 3.97. The Kier molecular flexibility index (Phi) is 6.89. The Morgan fingerprint density at radius 3 is 2.27 bits per heavy atom. The van der Waals surface area contributed by atoms with Crippen molar-refractivity contribution in [2.45, 2.75) is 6.92 Å². The molecule has 2 aromatic carbocycles. The number of rotatable bonds is 4. The van der Waals surface area contributed by atoms with Crippen molar-refractivity contribution >= 4 is 58.2 Å². The normalized spacial score (nSPS) is 10.4. The summed E-state index contributed by atoms with van der Waals surface area (Å²) in [7, 11) is 1.70. The van der Waals surface area contributed by atoms with E-state index in [1.54, 1.807) is 49.5 Å². The molecule has 0 saturated carbocycles. The van der Waals surface area contributed by atoms with Gasteiger partial charge in [0.15, 0.2) is 5.11 Å². The average molecular weight is 388 g/mol. The fourth-order valence-corrected chi connectivity index (χ4v) is 2.36. The molecule has 0 spiro atoms. The van der Waals surface area contributed by atoms with E-state index < -0.39 is 0 Å². The summed E-state index contributed by atoms with van der Waals surface area (Å²) >= 11 is 10.9. The number of thiocarbonyl (C=S) groups is 1. The molecule has 26 heavy (non-hydrogen) atoms. The number of nitrogens with one attached hydrogen (secondary N) is 2. The number of halogens is 1. The van der Waals surface area contributed by atoms with E-state index in [-0.39, 0.29) is 16.9 Å². The number of hydrogen-bond donors (Lipinski definition) is 2. The van der Waals surface area contributed by atoms with Crippen LogP contribution < -0.4 is 15.5 Å². The number of carbonyl (C=O) groups is 2. The predicted molar refractivity (Wildman–Crippen MR) is 110 cm³/mol.